The molecule has 356 valence electrons. The number of hydrogen-bond acceptors (Lipinski definition) is 11. The number of ether oxygens (including phenoxy) is 10. The Balaban J connectivity index is 0.000000170. The minimum absolute atomic E-state index is 0.159. The second-order valence-corrected chi connectivity index (χ2v) is 17.6. The van der Waals surface area contributed by atoms with Crippen molar-refractivity contribution in [2.45, 2.75) is 121 Å². The van der Waals surface area contributed by atoms with Crippen LogP contribution in [0.2, 0.25) is 0 Å². The Kier molecular flexibility index (Phi) is 17.2. The molecule has 4 aliphatic heterocycles. The molecule has 4 bridgehead atoms. The lowest BCUT2D eigenvalue weighted by Gasteiger charge is -2.45. The Morgan fingerprint density at radius 3 is 1.13 bits per heavy atom. The van der Waals surface area contributed by atoms with Crippen molar-refractivity contribution in [3.8, 4) is 0 Å². The van der Waals surface area contributed by atoms with Crippen molar-refractivity contribution in [2.24, 2.45) is 0 Å². The van der Waals surface area contributed by atoms with Crippen LogP contribution in [0, 0.1) is 0 Å². The number of fused-ring (bicyclic) bond motifs is 6. The SMILES string of the molecule is C[C@@H]1OC2COCc3ccccc3CO[C@@H](C1OCc1ccccc1)[C@H]2OCc1ccccc1.OC1OC2COCc3ccccc3CO[C@@H](C1OCc1ccccc1)[C@H]2OCc1ccccc1. The van der Waals surface area contributed by atoms with Crippen LogP contribution in [0.3, 0.4) is 0 Å². The molecule has 11 nitrogen and oxygen atoms in total. The third kappa shape index (κ3) is 12.7. The molecule has 2 saturated heterocycles. The van der Waals surface area contributed by atoms with Crippen molar-refractivity contribution in [3.05, 3.63) is 214 Å². The number of rotatable bonds is 12. The van der Waals surface area contributed by atoms with Crippen LogP contribution in [0.1, 0.15) is 51.4 Å². The molecule has 68 heavy (non-hydrogen) atoms. The van der Waals surface area contributed by atoms with Crippen LogP contribution in [0.5, 0.6) is 0 Å². The summed E-state index contributed by atoms with van der Waals surface area (Å²) in [7, 11) is 0. The van der Waals surface area contributed by atoms with Gasteiger partial charge in [0.2, 0.25) is 0 Å². The van der Waals surface area contributed by atoms with Gasteiger partial charge in [-0.25, -0.2) is 0 Å². The van der Waals surface area contributed by atoms with Gasteiger partial charge in [0, 0.05) is 0 Å². The first-order chi connectivity index (χ1) is 33.6. The molecule has 2 fully saturated rings. The topological polar surface area (TPSA) is 113 Å². The van der Waals surface area contributed by atoms with E-state index in [1.54, 1.807) is 0 Å². The van der Waals surface area contributed by atoms with Crippen LogP contribution < -0.4 is 0 Å². The zero-order valence-electron chi connectivity index (χ0n) is 38.5. The van der Waals surface area contributed by atoms with Crippen LogP contribution in [0.15, 0.2) is 170 Å². The highest BCUT2D eigenvalue weighted by Gasteiger charge is 2.49. The highest BCUT2D eigenvalue weighted by molar-refractivity contribution is 5.27. The molecule has 11 heteroatoms. The lowest BCUT2D eigenvalue weighted by Crippen LogP contribution is -2.61. The summed E-state index contributed by atoms with van der Waals surface area (Å²) >= 11 is 0. The summed E-state index contributed by atoms with van der Waals surface area (Å²) in [4.78, 5) is 0. The van der Waals surface area contributed by atoms with Gasteiger partial charge in [-0.3, -0.25) is 0 Å². The smallest absolute Gasteiger partial charge is 0.184 e. The monoisotopic (exact) mass is 922 g/mol. The molecule has 5 unspecified atom stereocenters. The predicted molar refractivity (Wildman–Crippen MR) is 255 cm³/mol. The Bertz CT molecular complexity index is 2220. The third-order valence-electron chi connectivity index (χ3n) is 12.8. The van der Waals surface area contributed by atoms with Crippen molar-refractivity contribution >= 4 is 0 Å². The van der Waals surface area contributed by atoms with E-state index in [4.69, 9.17) is 47.4 Å². The first kappa shape index (κ1) is 47.9. The van der Waals surface area contributed by atoms with E-state index in [1.807, 2.05) is 140 Å². The van der Waals surface area contributed by atoms with Crippen molar-refractivity contribution < 1.29 is 52.5 Å². The second kappa shape index (κ2) is 24.4. The zero-order chi connectivity index (χ0) is 46.3. The van der Waals surface area contributed by atoms with E-state index >= 15 is 0 Å². The van der Waals surface area contributed by atoms with Crippen molar-refractivity contribution in [1.29, 1.82) is 0 Å². The molecule has 0 amide bonds. The molecule has 0 radical (unpaired) electrons. The molecule has 6 aromatic rings. The molecule has 0 saturated carbocycles. The second-order valence-electron chi connectivity index (χ2n) is 17.6. The van der Waals surface area contributed by atoms with Gasteiger partial charge < -0.3 is 52.5 Å². The van der Waals surface area contributed by atoms with Gasteiger partial charge in [-0.2, -0.15) is 0 Å². The van der Waals surface area contributed by atoms with Gasteiger partial charge in [0.15, 0.2) is 6.29 Å². The number of aliphatic hydroxyl groups excluding tert-OH is 1. The highest BCUT2D eigenvalue weighted by Crippen LogP contribution is 2.33. The van der Waals surface area contributed by atoms with Gasteiger partial charge in [-0.15, -0.1) is 0 Å². The molecule has 4 aliphatic rings. The normalized spacial score (nSPS) is 27.0. The largest absolute Gasteiger partial charge is 0.374 e. The van der Waals surface area contributed by atoms with E-state index in [-0.39, 0.29) is 37.1 Å². The van der Waals surface area contributed by atoms with Gasteiger partial charge in [-0.05, 0) is 51.4 Å². The Morgan fingerprint density at radius 2 is 0.721 bits per heavy atom. The number of aliphatic hydroxyl groups is 1. The first-order valence-corrected chi connectivity index (χ1v) is 23.7. The van der Waals surface area contributed by atoms with Gasteiger partial charge in [0.1, 0.15) is 48.8 Å². The molecule has 4 heterocycles. The maximum Gasteiger partial charge on any atom is 0.184 e. The zero-order valence-corrected chi connectivity index (χ0v) is 38.5. The summed E-state index contributed by atoms with van der Waals surface area (Å²) in [6.45, 7) is 6.24. The van der Waals surface area contributed by atoms with E-state index in [0.29, 0.717) is 59.5 Å². The molecular weight excluding hydrogens is 861 g/mol. The number of benzene rings is 6. The molecule has 0 aromatic heterocycles. The molecule has 6 aromatic carbocycles. The van der Waals surface area contributed by atoms with Crippen LogP contribution in [-0.2, 0) is 100 Å². The van der Waals surface area contributed by atoms with E-state index in [9.17, 15) is 5.11 Å². The average molecular weight is 923 g/mol. The lowest BCUT2D eigenvalue weighted by molar-refractivity contribution is -0.318. The fraction of sp³-hybridized carbons (Fsp3) is 0.368. The summed E-state index contributed by atoms with van der Waals surface area (Å²) in [5.74, 6) is 0. The van der Waals surface area contributed by atoms with Gasteiger partial charge in [-0.1, -0.05) is 170 Å². The van der Waals surface area contributed by atoms with Gasteiger partial charge in [0.25, 0.3) is 0 Å². The number of hydrogen-bond donors (Lipinski definition) is 1. The van der Waals surface area contributed by atoms with Gasteiger partial charge in [0.05, 0.1) is 72.2 Å². The Labute approximate surface area is 399 Å². The van der Waals surface area contributed by atoms with Crippen molar-refractivity contribution in [2.75, 3.05) is 13.2 Å². The third-order valence-corrected chi connectivity index (χ3v) is 12.8. The predicted octanol–water partition coefficient (Wildman–Crippen LogP) is 9.05. The molecule has 0 aliphatic carbocycles. The van der Waals surface area contributed by atoms with E-state index in [2.05, 4.69) is 36.4 Å². The first-order valence-electron chi connectivity index (χ1n) is 23.7. The van der Waals surface area contributed by atoms with E-state index < -0.39 is 30.7 Å². The maximum atomic E-state index is 10.9. The Morgan fingerprint density at radius 1 is 0.397 bits per heavy atom. The quantitative estimate of drug-likeness (QED) is 0.127. The molecule has 0 spiro atoms. The molecule has 1 N–H and O–H groups in total. The highest BCUT2D eigenvalue weighted by atomic mass is 16.7. The summed E-state index contributed by atoms with van der Waals surface area (Å²) in [6.07, 6.45) is -4.69. The fourth-order valence-electron chi connectivity index (χ4n) is 9.14. The van der Waals surface area contributed by atoms with E-state index in [1.165, 1.54) is 0 Å². The molecule has 10 rings (SSSR count). The van der Waals surface area contributed by atoms with Crippen LogP contribution in [0.4, 0.5) is 0 Å². The summed E-state index contributed by atoms with van der Waals surface area (Å²) in [5, 5.41) is 10.9. The summed E-state index contributed by atoms with van der Waals surface area (Å²) in [5.41, 5.74) is 8.67. The van der Waals surface area contributed by atoms with Crippen LogP contribution >= 0.6 is 0 Å². The van der Waals surface area contributed by atoms with Gasteiger partial charge >= 0.3 is 0 Å². The minimum atomic E-state index is -1.16. The van der Waals surface area contributed by atoms with Crippen molar-refractivity contribution in [1.82, 2.24) is 0 Å². The van der Waals surface area contributed by atoms with Crippen LogP contribution in [0.25, 0.3) is 0 Å². The molecular formula is C57H62O11. The standard InChI is InChI=1S/C29H32O5.C28H30O6/c1-21-27(31-16-22-10-4-2-5-11-22)29-28(32-17-23-12-6-3-7-13-23)26(34-21)20-30-18-24-14-8-9-15-25(24)19-33-29;29-28-27(32-16-21-11-5-2-6-12-21)26-25(31-15-20-9-3-1-4-10-20)24(34-28)19-30-17-22-13-7-8-14-23(22)18-33-26/h2-15,21,26-29H,16-20H2,1H3;1-14,24-29H,15-19H2/t21-,26?,27?,28-,29-;24?,25-,26+,27?,28?/m00/s1. The Hall–Kier alpha value is -5.12. The fourth-order valence-corrected chi connectivity index (χ4v) is 9.14. The molecule has 10 atom stereocenters. The van der Waals surface area contributed by atoms with Crippen LogP contribution in [-0.4, -0.2) is 79.5 Å². The van der Waals surface area contributed by atoms with Crippen molar-refractivity contribution in [3.63, 3.8) is 0 Å². The van der Waals surface area contributed by atoms with E-state index in [0.717, 1.165) is 44.5 Å². The maximum absolute atomic E-state index is 10.9. The summed E-state index contributed by atoms with van der Waals surface area (Å²) < 4.78 is 63.0. The average Bonchev–Trinajstić information content (AvgIpc) is 3.38. The summed E-state index contributed by atoms with van der Waals surface area (Å²) in [6, 6.07) is 56.5. The minimum Gasteiger partial charge on any atom is -0.374 e. The lowest BCUT2D eigenvalue weighted by atomic mass is 9.94.